The Morgan fingerprint density at radius 2 is 1.94 bits per heavy atom. The molecule has 1 N–H and O–H groups in total. The molecule has 2 aliphatic rings. The molecule has 178 valence electrons. The Hall–Kier alpha value is -3.33. The molecule has 0 unspecified atom stereocenters. The molecule has 0 atom stereocenters. The van der Waals surface area contributed by atoms with Crippen LogP contribution in [0.5, 0.6) is 11.5 Å². The quantitative estimate of drug-likeness (QED) is 0.409. The van der Waals surface area contributed by atoms with Gasteiger partial charge in [0.2, 0.25) is 5.17 Å². The van der Waals surface area contributed by atoms with E-state index in [2.05, 4.69) is 21.6 Å². The summed E-state index contributed by atoms with van der Waals surface area (Å²) in [6.07, 6.45) is 5.85. The van der Waals surface area contributed by atoms with E-state index >= 15 is 0 Å². The predicted molar refractivity (Wildman–Crippen MR) is 137 cm³/mol. The highest BCUT2D eigenvalue weighted by atomic mass is 32.2. The van der Waals surface area contributed by atoms with Gasteiger partial charge in [-0.15, -0.1) is 0 Å². The van der Waals surface area contributed by atoms with Crippen LogP contribution in [0, 0.1) is 19.3 Å². The maximum absolute atomic E-state index is 12.8. The zero-order valence-electron chi connectivity index (χ0n) is 20.1. The number of methoxy groups -OCH3 is 2. The van der Waals surface area contributed by atoms with Crippen molar-refractivity contribution in [2.75, 3.05) is 14.2 Å². The van der Waals surface area contributed by atoms with E-state index in [0.29, 0.717) is 16.7 Å². The van der Waals surface area contributed by atoms with Crippen LogP contribution in [0.15, 0.2) is 39.9 Å². The van der Waals surface area contributed by atoms with E-state index in [-0.39, 0.29) is 11.4 Å². The van der Waals surface area contributed by atoms with Crippen LogP contribution in [0.3, 0.4) is 0 Å². The molecule has 2 aromatic rings. The lowest BCUT2D eigenvalue weighted by Gasteiger charge is -2.20. The number of aryl methyl sites for hydroxylation is 1. The largest absolute Gasteiger partial charge is 0.497 e. The van der Waals surface area contributed by atoms with Crippen LogP contribution in [-0.2, 0) is 4.79 Å². The van der Waals surface area contributed by atoms with E-state index in [0.717, 1.165) is 53.4 Å². The number of fused-ring (bicyclic) bond motifs is 1. The number of hydrogen-bond acceptors (Lipinski definition) is 6. The fraction of sp³-hybridized carbons (Fsp3) is 0.360. The van der Waals surface area contributed by atoms with Gasteiger partial charge in [-0.3, -0.25) is 10.2 Å². The number of amidine groups is 2. The Bertz CT molecular complexity index is 1240. The van der Waals surface area contributed by atoms with Crippen molar-refractivity contribution in [2.45, 2.75) is 46.5 Å². The zero-order chi connectivity index (χ0) is 24.4. The van der Waals surface area contributed by atoms with Gasteiger partial charge in [-0.1, -0.05) is 19.8 Å². The summed E-state index contributed by atoms with van der Waals surface area (Å²) >= 11 is 1.38. The second-order valence-corrected chi connectivity index (χ2v) is 9.21. The highest BCUT2D eigenvalue weighted by Crippen LogP contribution is 2.34. The number of carbonyl (C=O) groups excluding carboxylic acids is 1. The summed E-state index contributed by atoms with van der Waals surface area (Å²) in [5.74, 6) is 1.05. The molecule has 0 saturated heterocycles. The number of carbonyl (C=O) groups is 1. The number of unbranched alkanes of at least 4 members (excludes halogenated alkanes) is 2. The molecule has 0 bridgehead atoms. The van der Waals surface area contributed by atoms with Gasteiger partial charge in [-0.25, -0.2) is 0 Å². The van der Waals surface area contributed by atoms with Gasteiger partial charge >= 0.3 is 0 Å². The smallest absolute Gasteiger partial charge is 0.283 e. The SMILES string of the molecule is CCCCCC1=NN2C(=N)/C(=C\c3cc(C)n(-c4cc(OC)ccc4OC)c3C)C(=O)N=C2S1. The van der Waals surface area contributed by atoms with Crippen LogP contribution in [0.4, 0.5) is 0 Å². The third kappa shape index (κ3) is 4.40. The van der Waals surface area contributed by atoms with Crippen molar-refractivity contribution in [3.63, 3.8) is 0 Å². The van der Waals surface area contributed by atoms with Gasteiger partial charge < -0.3 is 14.0 Å². The molecular formula is C25H29N5O3S. The number of aliphatic imine (C=N–C) groups is 1. The van der Waals surface area contributed by atoms with E-state index in [1.54, 1.807) is 20.3 Å². The molecule has 1 aromatic heterocycles. The van der Waals surface area contributed by atoms with Gasteiger partial charge in [-0.05, 0) is 68.3 Å². The normalized spacial score (nSPS) is 16.6. The molecule has 3 heterocycles. The molecule has 8 nitrogen and oxygen atoms in total. The summed E-state index contributed by atoms with van der Waals surface area (Å²) in [6, 6.07) is 7.61. The van der Waals surface area contributed by atoms with Crippen LogP contribution in [0.2, 0.25) is 0 Å². The lowest BCUT2D eigenvalue weighted by atomic mass is 10.1. The molecule has 1 aromatic carbocycles. The minimum absolute atomic E-state index is 0.0526. The average Bonchev–Trinajstić information content (AvgIpc) is 3.35. The van der Waals surface area contributed by atoms with Gasteiger partial charge in [0.1, 0.15) is 16.5 Å². The number of amides is 1. The summed E-state index contributed by atoms with van der Waals surface area (Å²) < 4.78 is 13.0. The molecular weight excluding hydrogens is 450 g/mol. The zero-order valence-corrected chi connectivity index (χ0v) is 21.0. The van der Waals surface area contributed by atoms with Crippen LogP contribution in [-0.4, -0.2) is 45.7 Å². The minimum Gasteiger partial charge on any atom is -0.497 e. The van der Waals surface area contributed by atoms with Crippen molar-refractivity contribution in [1.29, 1.82) is 5.41 Å². The number of rotatable bonds is 8. The van der Waals surface area contributed by atoms with E-state index in [4.69, 9.17) is 14.9 Å². The number of nitrogens with one attached hydrogen (secondary N) is 1. The van der Waals surface area contributed by atoms with Gasteiger partial charge in [-0.2, -0.15) is 15.1 Å². The van der Waals surface area contributed by atoms with Crippen LogP contribution in [0.1, 0.15) is 49.6 Å². The first-order valence-electron chi connectivity index (χ1n) is 11.3. The van der Waals surface area contributed by atoms with Gasteiger partial charge in [0.15, 0.2) is 5.84 Å². The molecule has 9 heteroatoms. The summed E-state index contributed by atoms with van der Waals surface area (Å²) in [7, 11) is 3.26. The molecule has 0 fully saturated rings. The summed E-state index contributed by atoms with van der Waals surface area (Å²) in [5.41, 5.74) is 3.76. The average molecular weight is 480 g/mol. The third-order valence-corrected chi connectivity index (χ3v) is 6.86. The maximum Gasteiger partial charge on any atom is 0.283 e. The van der Waals surface area contributed by atoms with Gasteiger partial charge in [0.25, 0.3) is 5.91 Å². The first-order chi connectivity index (χ1) is 16.4. The molecule has 34 heavy (non-hydrogen) atoms. The molecule has 0 spiro atoms. The highest BCUT2D eigenvalue weighted by molar-refractivity contribution is 8.26. The monoisotopic (exact) mass is 479 g/mol. The minimum atomic E-state index is -0.419. The fourth-order valence-electron chi connectivity index (χ4n) is 4.09. The molecule has 0 aliphatic carbocycles. The molecule has 0 saturated carbocycles. The number of nitrogens with zero attached hydrogens (tertiary/aromatic N) is 4. The molecule has 2 aliphatic heterocycles. The van der Waals surface area contributed by atoms with Crippen molar-refractivity contribution in [1.82, 2.24) is 9.58 Å². The Morgan fingerprint density at radius 3 is 2.65 bits per heavy atom. The van der Waals surface area contributed by atoms with Crippen LogP contribution in [0.25, 0.3) is 11.8 Å². The number of hydrogen-bond donors (Lipinski definition) is 1. The number of ether oxygens (including phenoxy) is 2. The van der Waals surface area contributed by atoms with E-state index in [1.807, 2.05) is 38.1 Å². The molecule has 4 rings (SSSR count). The highest BCUT2D eigenvalue weighted by Gasteiger charge is 2.35. The Kier molecular flexibility index (Phi) is 6.92. The van der Waals surface area contributed by atoms with Crippen molar-refractivity contribution >= 4 is 39.8 Å². The van der Waals surface area contributed by atoms with Crippen molar-refractivity contribution in [3.05, 3.63) is 46.8 Å². The number of benzene rings is 1. The van der Waals surface area contributed by atoms with Gasteiger partial charge in [0, 0.05) is 17.5 Å². The Balaban J connectivity index is 1.69. The number of hydrazone groups is 1. The second-order valence-electron chi connectivity index (χ2n) is 8.17. The first kappa shape index (κ1) is 23.8. The third-order valence-electron chi connectivity index (χ3n) is 5.89. The lowest BCUT2D eigenvalue weighted by molar-refractivity contribution is -0.114. The maximum atomic E-state index is 12.8. The summed E-state index contributed by atoms with van der Waals surface area (Å²) in [5, 5.41) is 16.0. The molecule has 1 amide bonds. The van der Waals surface area contributed by atoms with E-state index < -0.39 is 5.91 Å². The second kappa shape index (κ2) is 9.89. The fourth-order valence-corrected chi connectivity index (χ4v) is 5.02. The van der Waals surface area contributed by atoms with Crippen molar-refractivity contribution in [3.8, 4) is 17.2 Å². The first-order valence-corrected chi connectivity index (χ1v) is 12.1. The van der Waals surface area contributed by atoms with E-state index in [9.17, 15) is 4.79 Å². The lowest BCUT2D eigenvalue weighted by Crippen LogP contribution is -2.35. The topological polar surface area (TPSA) is 92.3 Å². The van der Waals surface area contributed by atoms with Crippen molar-refractivity contribution < 1.29 is 14.3 Å². The predicted octanol–water partition coefficient (Wildman–Crippen LogP) is 5.31. The summed E-state index contributed by atoms with van der Waals surface area (Å²) in [6.45, 7) is 6.12. The number of aromatic nitrogens is 1. The Labute approximate surface area is 203 Å². The van der Waals surface area contributed by atoms with Crippen LogP contribution < -0.4 is 9.47 Å². The van der Waals surface area contributed by atoms with Crippen LogP contribution >= 0.6 is 11.8 Å². The Morgan fingerprint density at radius 1 is 1.15 bits per heavy atom. The standard InChI is InChI=1S/C25H29N5O3S/c1-6-7-8-9-22-28-30-23(26)19(24(31)27-25(30)34-22)13-17-12-15(2)29(16(17)3)20-14-18(32-4)10-11-21(20)33-5/h10-14,26H,6-9H2,1-5H3/b19-13+,26-23?. The van der Waals surface area contributed by atoms with E-state index in [1.165, 1.54) is 16.8 Å². The van der Waals surface area contributed by atoms with Gasteiger partial charge in [0.05, 0.1) is 25.5 Å². The number of thioether (sulfide) groups is 1. The summed E-state index contributed by atoms with van der Waals surface area (Å²) in [4.78, 5) is 17.1. The molecule has 0 radical (unpaired) electrons. The van der Waals surface area contributed by atoms with Crippen molar-refractivity contribution in [2.24, 2.45) is 10.1 Å².